The number of nitrogens with one attached hydrogen (secondary N) is 1. The zero-order valence-corrected chi connectivity index (χ0v) is 8.77. The van der Waals surface area contributed by atoms with Gasteiger partial charge in [0.15, 0.2) is 0 Å². The molecule has 0 aliphatic carbocycles. The van der Waals surface area contributed by atoms with Crippen LogP contribution in [-0.4, -0.2) is 23.9 Å². The highest BCUT2D eigenvalue weighted by atomic mass is 16.1. The minimum Gasteiger partial charge on any atom is -0.363 e. The number of nitrogens with zero attached hydrogens (tertiary/aromatic N) is 2. The quantitative estimate of drug-likeness (QED) is 0.797. The molecule has 0 fully saturated rings. The Bertz CT molecular complexity index is 496. The smallest absolute Gasteiger partial charge is 0.273 e. The summed E-state index contributed by atoms with van der Waals surface area (Å²) in [5, 5.41) is 3.03. The van der Waals surface area contributed by atoms with E-state index in [1.54, 1.807) is 6.07 Å². The molecule has 78 valence electrons. The fourth-order valence-corrected chi connectivity index (χ4v) is 1.38. The molecule has 0 spiro atoms. The third-order valence-electron chi connectivity index (χ3n) is 2.20. The van der Waals surface area contributed by atoms with Gasteiger partial charge in [0, 0.05) is 20.2 Å². The minimum absolute atomic E-state index is 0.0510. The Balaban J connectivity index is 2.50. The number of aromatic nitrogens is 2. The van der Waals surface area contributed by atoms with Crippen molar-refractivity contribution in [3.8, 4) is 5.69 Å². The van der Waals surface area contributed by atoms with Gasteiger partial charge in [-0.2, -0.15) is 0 Å². The lowest BCUT2D eigenvalue weighted by molar-refractivity contribution is 0.839. The number of H-pyrrole nitrogens is 1. The molecule has 1 N–H and O–H groups in total. The van der Waals surface area contributed by atoms with E-state index < -0.39 is 0 Å². The summed E-state index contributed by atoms with van der Waals surface area (Å²) in [5.41, 5.74) is 0.792. The highest BCUT2D eigenvalue weighted by Crippen LogP contribution is 2.07. The van der Waals surface area contributed by atoms with Crippen molar-refractivity contribution in [2.75, 3.05) is 19.0 Å². The SMILES string of the molecule is CN(C)c1cc(=O)n(-c2ccccc2)[nH]1. The van der Waals surface area contributed by atoms with E-state index in [0.29, 0.717) is 0 Å². The van der Waals surface area contributed by atoms with Crippen molar-refractivity contribution in [2.24, 2.45) is 0 Å². The van der Waals surface area contributed by atoms with Crippen LogP contribution >= 0.6 is 0 Å². The molecule has 0 saturated heterocycles. The van der Waals surface area contributed by atoms with Gasteiger partial charge in [0.2, 0.25) is 0 Å². The Kier molecular flexibility index (Phi) is 2.33. The van der Waals surface area contributed by atoms with Crippen LogP contribution < -0.4 is 10.5 Å². The number of rotatable bonds is 2. The van der Waals surface area contributed by atoms with Gasteiger partial charge in [0.1, 0.15) is 5.82 Å². The first-order valence-electron chi connectivity index (χ1n) is 4.73. The van der Waals surface area contributed by atoms with Gasteiger partial charge >= 0.3 is 0 Å². The molecule has 0 bridgehead atoms. The molecule has 0 saturated carbocycles. The normalized spacial score (nSPS) is 10.3. The number of hydrogen-bond acceptors (Lipinski definition) is 2. The molecule has 0 atom stereocenters. The van der Waals surface area contributed by atoms with E-state index in [1.165, 1.54) is 4.68 Å². The standard InChI is InChI=1S/C11H13N3O/c1-13(2)10-8-11(15)14(12-10)9-6-4-3-5-7-9/h3-8,12H,1-2H3. The predicted molar refractivity (Wildman–Crippen MR) is 60.7 cm³/mol. The zero-order valence-electron chi connectivity index (χ0n) is 8.77. The lowest BCUT2D eigenvalue weighted by atomic mass is 10.3. The Morgan fingerprint density at radius 3 is 2.40 bits per heavy atom. The summed E-state index contributed by atoms with van der Waals surface area (Å²) in [6, 6.07) is 11.1. The van der Waals surface area contributed by atoms with Crippen molar-refractivity contribution >= 4 is 5.82 Å². The van der Waals surface area contributed by atoms with E-state index in [9.17, 15) is 4.79 Å². The molecule has 2 rings (SSSR count). The second-order valence-electron chi connectivity index (χ2n) is 3.55. The monoisotopic (exact) mass is 203 g/mol. The summed E-state index contributed by atoms with van der Waals surface area (Å²) in [5.74, 6) is 0.795. The van der Waals surface area contributed by atoms with Gasteiger partial charge in [-0.3, -0.25) is 9.89 Å². The summed E-state index contributed by atoms with van der Waals surface area (Å²) < 4.78 is 1.52. The molecule has 0 aliphatic heterocycles. The van der Waals surface area contributed by atoms with Crippen LogP contribution in [0.3, 0.4) is 0 Å². The Labute approximate surface area is 87.7 Å². The molecule has 2 aromatic rings. The van der Waals surface area contributed by atoms with Crippen LogP contribution in [0.15, 0.2) is 41.2 Å². The van der Waals surface area contributed by atoms with Crippen LogP contribution in [0.2, 0.25) is 0 Å². The molecular weight excluding hydrogens is 190 g/mol. The predicted octanol–water partition coefficient (Wildman–Crippen LogP) is 1.23. The molecule has 4 heteroatoms. The van der Waals surface area contributed by atoms with E-state index >= 15 is 0 Å². The van der Waals surface area contributed by atoms with E-state index in [2.05, 4.69) is 5.10 Å². The molecule has 4 nitrogen and oxygen atoms in total. The number of anilines is 1. The summed E-state index contributed by atoms with van der Waals surface area (Å²) in [6.07, 6.45) is 0. The number of para-hydroxylation sites is 1. The summed E-state index contributed by atoms with van der Waals surface area (Å²) in [4.78, 5) is 13.5. The average molecular weight is 203 g/mol. The Morgan fingerprint density at radius 2 is 1.87 bits per heavy atom. The van der Waals surface area contributed by atoms with E-state index in [1.807, 2.05) is 49.3 Å². The molecule has 1 heterocycles. The fraction of sp³-hybridized carbons (Fsp3) is 0.182. The van der Waals surface area contributed by atoms with Crippen molar-refractivity contribution in [3.63, 3.8) is 0 Å². The number of hydrogen-bond donors (Lipinski definition) is 1. The van der Waals surface area contributed by atoms with E-state index in [4.69, 9.17) is 0 Å². The van der Waals surface area contributed by atoms with E-state index in [-0.39, 0.29) is 5.56 Å². The molecule has 0 unspecified atom stereocenters. The maximum absolute atomic E-state index is 11.6. The first-order valence-corrected chi connectivity index (χ1v) is 4.73. The molecule has 0 radical (unpaired) electrons. The second-order valence-corrected chi connectivity index (χ2v) is 3.55. The van der Waals surface area contributed by atoms with E-state index in [0.717, 1.165) is 11.5 Å². The molecule has 1 aromatic heterocycles. The fourth-order valence-electron chi connectivity index (χ4n) is 1.38. The van der Waals surface area contributed by atoms with Crippen LogP contribution in [0, 0.1) is 0 Å². The molecule has 0 amide bonds. The lowest BCUT2D eigenvalue weighted by Crippen LogP contribution is -2.13. The Hall–Kier alpha value is -1.97. The van der Waals surface area contributed by atoms with Gasteiger partial charge in [-0.15, -0.1) is 0 Å². The maximum atomic E-state index is 11.6. The number of aromatic amines is 1. The summed E-state index contributed by atoms with van der Waals surface area (Å²) in [7, 11) is 3.78. The van der Waals surface area contributed by atoms with Crippen molar-refractivity contribution in [1.82, 2.24) is 9.78 Å². The molecule has 1 aromatic carbocycles. The van der Waals surface area contributed by atoms with Crippen molar-refractivity contribution < 1.29 is 0 Å². The topological polar surface area (TPSA) is 41.0 Å². The third-order valence-corrected chi connectivity index (χ3v) is 2.20. The van der Waals surface area contributed by atoms with Gasteiger partial charge in [0.05, 0.1) is 5.69 Å². The third kappa shape index (κ3) is 1.79. The Morgan fingerprint density at radius 1 is 1.20 bits per heavy atom. The zero-order chi connectivity index (χ0) is 10.8. The first-order chi connectivity index (χ1) is 7.18. The first kappa shape index (κ1) is 9.58. The molecule has 0 aliphatic rings. The van der Waals surface area contributed by atoms with Gasteiger partial charge in [-0.1, -0.05) is 18.2 Å². The van der Waals surface area contributed by atoms with Gasteiger partial charge in [0.25, 0.3) is 5.56 Å². The minimum atomic E-state index is -0.0510. The van der Waals surface area contributed by atoms with Crippen LogP contribution in [0.25, 0.3) is 5.69 Å². The lowest BCUT2D eigenvalue weighted by Gasteiger charge is -2.08. The van der Waals surface area contributed by atoms with Crippen molar-refractivity contribution in [1.29, 1.82) is 0 Å². The van der Waals surface area contributed by atoms with Gasteiger partial charge < -0.3 is 4.90 Å². The summed E-state index contributed by atoms with van der Waals surface area (Å²) >= 11 is 0. The van der Waals surface area contributed by atoms with Crippen LogP contribution in [0.1, 0.15) is 0 Å². The van der Waals surface area contributed by atoms with Crippen LogP contribution in [-0.2, 0) is 0 Å². The van der Waals surface area contributed by atoms with Crippen molar-refractivity contribution in [3.05, 3.63) is 46.8 Å². The highest BCUT2D eigenvalue weighted by Gasteiger charge is 2.04. The van der Waals surface area contributed by atoms with Gasteiger partial charge in [-0.25, -0.2) is 4.68 Å². The van der Waals surface area contributed by atoms with Crippen LogP contribution in [0.5, 0.6) is 0 Å². The molecule has 15 heavy (non-hydrogen) atoms. The second kappa shape index (κ2) is 3.65. The van der Waals surface area contributed by atoms with Gasteiger partial charge in [-0.05, 0) is 12.1 Å². The van der Waals surface area contributed by atoms with Crippen molar-refractivity contribution in [2.45, 2.75) is 0 Å². The maximum Gasteiger partial charge on any atom is 0.273 e. The highest BCUT2D eigenvalue weighted by molar-refractivity contribution is 5.38. The molecular formula is C11H13N3O. The number of benzene rings is 1. The average Bonchev–Trinajstić information content (AvgIpc) is 2.62. The summed E-state index contributed by atoms with van der Waals surface area (Å²) in [6.45, 7) is 0. The largest absolute Gasteiger partial charge is 0.363 e. The van der Waals surface area contributed by atoms with Crippen LogP contribution in [0.4, 0.5) is 5.82 Å².